The zero-order valence-corrected chi connectivity index (χ0v) is 16.3. The number of amides is 2. The summed E-state index contributed by atoms with van der Waals surface area (Å²) in [4.78, 5) is 28.2. The average molecular weight is 397 g/mol. The van der Waals surface area contributed by atoms with Crippen molar-refractivity contribution in [2.75, 3.05) is 5.32 Å². The number of hydrogen-bond acceptors (Lipinski definition) is 4. The zero-order valence-electron chi connectivity index (χ0n) is 15.5. The normalized spacial score (nSPS) is 11.7. The molecule has 3 rings (SSSR count). The van der Waals surface area contributed by atoms with E-state index in [2.05, 4.69) is 15.6 Å². The van der Waals surface area contributed by atoms with Crippen molar-refractivity contribution in [3.63, 3.8) is 0 Å². The molecule has 0 saturated carbocycles. The highest BCUT2D eigenvalue weighted by Crippen LogP contribution is 2.26. The second kappa shape index (κ2) is 8.75. The summed E-state index contributed by atoms with van der Waals surface area (Å²) in [6.45, 7) is 3.65. The van der Waals surface area contributed by atoms with Crippen LogP contribution in [0.25, 0.3) is 10.6 Å². The van der Waals surface area contributed by atoms with E-state index >= 15 is 0 Å². The summed E-state index contributed by atoms with van der Waals surface area (Å²) in [7, 11) is 0. The number of aromatic nitrogens is 1. The van der Waals surface area contributed by atoms with E-state index in [1.165, 1.54) is 17.4 Å². The van der Waals surface area contributed by atoms with Crippen molar-refractivity contribution < 1.29 is 14.0 Å². The Balaban J connectivity index is 1.66. The highest BCUT2D eigenvalue weighted by molar-refractivity contribution is 7.13. The Bertz CT molecular complexity index is 985. The lowest BCUT2D eigenvalue weighted by molar-refractivity contribution is -0.115. The molecule has 0 spiro atoms. The van der Waals surface area contributed by atoms with Crippen LogP contribution in [0.15, 0.2) is 53.9 Å². The smallest absolute Gasteiger partial charge is 0.271 e. The van der Waals surface area contributed by atoms with Crippen LogP contribution in [0, 0.1) is 5.82 Å². The van der Waals surface area contributed by atoms with E-state index in [0.29, 0.717) is 22.7 Å². The molecule has 2 amide bonds. The second-order valence-corrected chi connectivity index (χ2v) is 7.09. The first-order chi connectivity index (χ1) is 13.5. The Labute approximate surface area is 166 Å². The summed E-state index contributed by atoms with van der Waals surface area (Å²) in [5.41, 5.74) is 2.24. The quantitative estimate of drug-likeness (QED) is 0.628. The van der Waals surface area contributed by atoms with Crippen LogP contribution in [-0.4, -0.2) is 16.8 Å². The first-order valence-electron chi connectivity index (χ1n) is 8.89. The first-order valence-corrected chi connectivity index (χ1v) is 9.77. The molecule has 2 N–H and O–H groups in total. The number of rotatable bonds is 6. The molecule has 0 fully saturated rings. The van der Waals surface area contributed by atoms with Gasteiger partial charge < -0.3 is 10.6 Å². The molecule has 28 heavy (non-hydrogen) atoms. The van der Waals surface area contributed by atoms with Gasteiger partial charge in [-0.1, -0.05) is 31.2 Å². The highest BCUT2D eigenvalue weighted by Gasteiger charge is 2.16. The molecule has 0 aliphatic carbocycles. The second-order valence-electron chi connectivity index (χ2n) is 6.24. The summed E-state index contributed by atoms with van der Waals surface area (Å²) in [6, 6.07) is 13.4. The number of hydrogen-bond donors (Lipinski definition) is 2. The van der Waals surface area contributed by atoms with Crippen LogP contribution < -0.4 is 10.6 Å². The third-order valence-electron chi connectivity index (χ3n) is 4.20. The molecule has 1 aromatic heterocycles. The van der Waals surface area contributed by atoms with Crippen LogP contribution in [0.5, 0.6) is 0 Å². The van der Waals surface area contributed by atoms with Gasteiger partial charge in [-0.3, -0.25) is 9.59 Å². The summed E-state index contributed by atoms with van der Waals surface area (Å²) < 4.78 is 13.9. The van der Waals surface area contributed by atoms with Crippen molar-refractivity contribution in [3.05, 3.63) is 71.0 Å². The maximum Gasteiger partial charge on any atom is 0.271 e. The van der Waals surface area contributed by atoms with Gasteiger partial charge in [0.25, 0.3) is 5.91 Å². The molecule has 0 bridgehead atoms. The third-order valence-corrected chi connectivity index (χ3v) is 5.08. The van der Waals surface area contributed by atoms with Crippen molar-refractivity contribution in [3.8, 4) is 10.6 Å². The van der Waals surface area contributed by atoms with Gasteiger partial charge in [0.05, 0.1) is 6.04 Å². The number of thiazole rings is 1. The van der Waals surface area contributed by atoms with Gasteiger partial charge in [-0.2, -0.15) is 0 Å². The largest absolute Gasteiger partial charge is 0.344 e. The predicted molar refractivity (Wildman–Crippen MR) is 109 cm³/mol. The number of anilines is 1. The van der Waals surface area contributed by atoms with Crippen LogP contribution in [0.4, 0.5) is 10.1 Å². The molecule has 3 aromatic rings. The average Bonchev–Trinajstić information content (AvgIpc) is 3.19. The third kappa shape index (κ3) is 4.61. The van der Waals surface area contributed by atoms with E-state index in [-0.39, 0.29) is 29.4 Å². The van der Waals surface area contributed by atoms with Crippen LogP contribution in [0.1, 0.15) is 42.4 Å². The van der Waals surface area contributed by atoms with E-state index < -0.39 is 0 Å². The molecular weight excluding hydrogens is 377 g/mol. The van der Waals surface area contributed by atoms with Gasteiger partial charge in [0.1, 0.15) is 16.5 Å². The van der Waals surface area contributed by atoms with Gasteiger partial charge in [-0.15, -0.1) is 11.3 Å². The van der Waals surface area contributed by atoms with Crippen molar-refractivity contribution in [1.29, 1.82) is 0 Å². The van der Waals surface area contributed by atoms with Crippen LogP contribution in [0.2, 0.25) is 0 Å². The number of carbonyl (C=O) groups excluding carboxylic acids is 2. The minimum absolute atomic E-state index is 0.0525. The van der Waals surface area contributed by atoms with E-state index in [0.717, 1.165) is 5.56 Å². The van der Waals surface area contributed by atoms with Gasteiger partial charge in [-0.25, -0.2) is 9.37 Å². The highest BCUT2D eigenvalue weighted by atomic mass is 32.1. The lowest BCUT2D eigenvalue weighted by Gasteiger charge is -2.14. The fourth-order valence-electron chi connectivity index (χ4n) is 2.59. The van der Waals surface area contributed by atoms with Crippen molar-refractivity contribution in [2.24, 2.45) is 0 Å². The predicted octanol–water partition coefficient (Wildman–Crippen LogP) is 4.79. The van der Waals surface area contributed by atoms with Gasteiger partial charge >= 0.3 is 0 Å². The molecule has 7 heteroatoms. The van der Waals surface area contributed by atoms with Crippen LogP contribution in [-0.2, 0) is 4.79 Å². The molecule has 2 aromatic carbocycles. The minimum atomic E-state index is -0.368. The summed E-state index contributed by atoms with van der Waals surface area (Å²) in [5.74, 6) is -0.745. The van der Waals surface area contributed by atoms with Gasteiger partial charge in [0.2, 0.25) is 5.91 Å². The van der Waals surface area contributed by atoms with E-state index in [1.54, 1.807) is 42.6 Å². The zero-order chi connectivity index (χ0) is 20.1. The van der Waals surface area contributed by atoms with Crippen LogP contribution in [0.3, 0.4) is 0 Å². The Morgan fingerprint density at radius 2 is 1.86 bits per heavy atom. The molecule has 1 atom stereocenters. The molecular formula is C21H20FN3O2S. The number of nitrogens with one attached hydrogen (secondary N) is 2. The standard InChI is InChI=1S/C21H20FN3O2S/c1-3-19(26)24-15-10-8-14(9-11-15)13(2)23-20(27)18-12-28-21(25-18)16-6-4-5-7-17(16)22/h4-13H,3H2,1-2H3,(H,23,27)(H,24,26). The summed E-state index contributed by atoms with van der Waals surface area (Å²) in [6.07, 6.45) is 0.413. The maximum absolute atomic E-state index is 13.9. The summed E-state index contributed by atoms with van der Waals surface area (Å²) in [5, 5.41) is 7.75. The fraction of sp³-hybridized carbons (Fsp3) is 0.190. The minimum Gasteiger partial charge on any atom is -0.344 e. The molecule has 0 radical (unpaired) electrons. The Morgan fingerprint density at radius 1 is 1.14 bits per heavy atom. The molecule has 0 saturated heterocycles. The van der Waals surface area contributed by atoms with Gasteiger partial charge in [0, 0.05) is 23.1 Å². The fourth-order valence-corrected chi connectivity index (χ4v) is 3.42. The molecule has 0 aliphatic heterocycles. The molecule has 1 heterocycles. The Kier molecular flexibility index (Phi) is 6.16. The monoisotopic (exact) mass is 397 g/mol. The lowest BCUT2D eigenvalue weighted by Crippen LogP contribution is -2.26. The van der Waals surface area contributed by atoms with Gasteiger partial charge in [-0.05, 0) is 36.8 Å². The van der Waals surface area contributed by atoms with Crippen molar-refractivity contribution in [1.82, 2.24) is 10.3 Å². The topological polar surface area (TPSA) is 71.1 Å². The van der Waals surface area contributed by atoms with Crippen LogP contribution >= 0.6 is 11.3 Å². The molecule has 144 valence electrons. The number of benzene rings is 2. The number of halogens is 1. The Hall–Kier alpha value is -3.06. The van der Waals surface area contributed by atoms with Crippen molar-refractivity contribution >= 4 is 28.8 Å². The first kappa shape index (κ1) is 19.7. The molecule has 5 nitrogen and oxygen atoms in total. The van der Waals surface area contributed by atoms with E-state index in [1.807, 2.05) is 19.1 Å². The van der Waals surface area contributed by atoms with Crippen molar-refractivity contribution in [2.45, 2.75) is 26.3 Å². The van der Waals surface area contributed by atoms with E-state index in [4.69, 9.17) is 0 Å². The number of nitrogens with zero attached hydrogens (tertiary/aromatic N) is 1. The molecule has 1 unspecified atom stereocenters. The Morgan fingerprint density at radius 3 is 2.54 bits per heavy atom. The SMILES string of the molecule is CCC(=O)Nc1ccc(C(C)NC(=O)c2csc(-c3ccccc3F)n2)cc1. The molecule has 0 aliphatic rings. The van der Waals surface area contributed by atoms with E-state index in [9.17, 15) is 14.0 Å². The maximum atomic E-state index is 13.9. The van der Waals surface area contributed by atoms with Gasteiger partial charge in [0.15, 0.2) is 0 Å². The number of carbonyl (C=O) groups is 2. The summed E-state index contributed by atoms with van der Waals surface area (Å²) >= 11 is 1.23. The lowest BCUT2D eigenvalue weighted by atomic mass is 10.1.